The van der Waals surface area contributed by atoms with Crippen molar-refractivity contribution in [3.8, 4) is 17.2 Å². The molecule has 3 heterocycles. The second-order valence-electron chi connectivity index (χ2n) is 17.0. The Morgan fingerprint density at radius 3 is 2.26 bits per heavy atom. The van der Waals surface area contributed by atoms with Gasteiger partial charge in [0.25, 0.3) is 21.5 Å². The van der Waals surface area contributed by atoms with Gasteiger partial charge in [0, 0.05) is 61.2 Å². The number of non-ortho nitro benzene ring substituents is 1. The fourth-order valence-electron chi connectivity index (χ4n) is 7.81. The van der Waals surface area contributed by atoms with Crippen LogP contribution in [0.1, 0.15) is 74.6 Å². The summed E-state index contributed by atoms with van der Waals surface area (Å²) >= 11 is 0. The number of aromatic nitrogens is 1. The summed E-state index contributed by atoms with van der Waals surface area (Å²) in [6, 6.07) is 6.78. The number of nitrogens with zero attached hydrogens (tertiary/aromatic N) is 5. The Hall–Kier alpha value is -6.53. The van der Waals surface area contributed by atoms with E-state index in [1.165, 1.54) is 20.1 Å². The number of nitrogens with one attached hydrogen (secondary N) is 1. The Morgan fingerprint density at radius 2 is 1.65 bits per heavy atom. The van der Waals surface area contributed by atoms with Crippen LogP contribution in [0.25, 0.3) is 6.08 Å². The van der Waals surface area contributed by atoms with Gasteiger partial charge in [-0.3, -0.25) is 34.4 Å². The number of ketones is 1. The summed E-state index contributed by atoms with van der Waals surface area (Å²) in [5.74, 6) is -3.06. The summed E-state index contributed by atoms with van der Waals surface area (Å²) in [5.41, 5.74) is 1.77. The molecule has 0 bridgehead atoms. The van der Waals surface area contributed by atoms with Gasteiger partial charge < -0.3 is 46.3 Å². The van der Waals surface area contributed by atoms with Gasteiger partial charge in [0.05, 0.1) is 62.9 Å². The number of nitro groups is 2. The number of quaternary nitrogens is 1. The predicted octanol–water partition coefficient (Wildman–Crippen LogP) is 6.11. The van der Waals surface area contributed by atoms with Gasteiger partial charge in [-0.2, -0.15) is 8.42 Å². The molecule has 1 amide bonds. The third-order valence-electron chi connectivity index (χ3n) is 10.9. The van der Waals surface area contributed by atoms with E-state index in [1.54, 1.807) is 32.1 Å². The van der Waals surface area contributed by atoms with Gasteiger partial charge in [0.15, 0.2) is 23.0 Å². The summed E-state index contributed by atoms with van der Waals surface area (Å²) in [6.07, 6.45) is 1.10. The van der Waals surface area contributed by atoms with Crippen LogP contribution in [0, 0.1) is 27.2 Å². The van der Waals surface area contributed by atoms with Crippen molar-refractivity contribution in [1.82, 2.24) is 9.79 Å². The van der Waals surface area contributed by atoms with E-state index >= 15 is 8.63 Å². The monoisotopic (exact) mass is 945 g/mol. The molecule has 1 aromatic heterocycles. The number of benzene rings is 2. The van der Waals surface area contributed by atoms with Crippen molar-refractivity contribution in [1.29, 1.82) is 0 Å². The number of methoxy groups -OCH3 is 1. The molecule has 2 aromatic carbocycles. The second-order valence-corrected chi connectivity index (χ2v) is 18.5. The maximum Gasteiger partial charge on any atom is 0.737 e. The molecule has 2 atom stereocenters. The topological polar surface area (TPSA) is 249 Å². The number of allylic oxidation sites excluding steroid dienone is 2. The standard InChI is InChI=1S/C42H51BF2N6O14S/c1-26-20-31(48-35(26)23-36-29(10-8-18-51(4,5)6)21-27(2)47(36)43(48,44)45)14-17-41(53)46-34(25-66(59,60)61)38(52)11-9-19-63-40-24-37(50(57)58)33(22-39(40)62-7)28(3)64-42(54)65-32-15-12-30(13-16-32)49(55)56/h12-13,15-16,20-24,28,34H,8-11,14,17-19,25H2,1-7H3,(H-,46,53,59,60,61)/p+1. The molecule has 0 saturated heterocycles. The number of carbonyl (C=O) groups is 3. The first-order chi connectivity index (χ1) is 30.8. The summed E-state index contributed by atoms with van der Waals surface area (Å²) in [6.45, 7) is 0.869. The third-order valence-corrected chi connectivity index (χ3v) is 11.6. The molecule has 0 radical (unpaired) electrons. The number of Topliss-reactive ketones (excluding diaryl/α,β-unsaturated/α-hetero) is 1. The van der Waals surface area contributed by atoms with Crippen LogP contribution in [-0.4, -0.2) is 120 Å². The summed E-state index contributed by atoms with van der Waals surface area (Å²) in [7, 11) is 2.63. The molecule has 2 unspecified atom stereocenters. The van der Waals surface area contributed by atoms with E-state index in [2.05, 4.69) is 26.5 Å². The van der Waals surface area contributed by atoms with Crippen molar-refractivity contribution in [2.24, 2.45) is 0 Å². The highest BCUT2D eigenvalue weighted by Crippen LogP contribution is 2.40. The lowest BCUT2D eigenvalue weighted by Gasteiger charge is -2.31. The van der Waals surface area contributed by atoms with E-state index in [1.807, 2.05) is 0 Å². The second kappa shape index (κ2) is 20.3. The molecule has 24 heteroatoms. The van der Waals surface area contributed by atoms with E-state index in [4.69, 9.17) is 18.9 Å². The highest BCUT2D eigenvalue weighted by atomic mass is 32.2. The van der Waals surface area contributed by atoms with Crippen LogP contribution in [-0.2, 0) is 30.9 Å². The Bertz CT molecular complexity index is 2620. The normalized spacial score (nSPS) is 15.1. The number of hydrogen-bond acceptors (Lipinski definition) is 13. The molecular formula is C42H52BF2N6O14S+. The molecule has 66 heavy (non-hydrogen) atoms. The average molecular weight is 946 g/mol. The molecule has 0 saturated carbocycles. The summed E-state index contributed by atoms with van der Waals surface area (Å²) < 4.78 is 90.3. The number of rotatable bonds is 22. The SMILES string of the molecule is COc1cc(C(C)OC(=O)Oc2ccc([N+](=O)[O-])cc2)c([N+](=O)[O-])cc1OCCCC(=O)C(CS(=O)(=O)O)NC(=O)CCC1=[N+]2C(=Cc3c(CCC[N+](C)(C)C)cc(C)n3[B-]2(F)F)C(C)=C1. The molecule has 0 fully saturated rings. The van der Waals surface area contributed by atoms with E-state index in [0.29, 0.717) is 29.1 Å². The van der Waals surface area contributed by atoms with Crippen molar-refractivity contribution in [3.63, 3.8) is 0 Å². The minimum atomic E-state index is -4.80. The van der Waals surface area contributed by atoms with Crippen LogP contribution in [0.2, 0.25) is 0 Å². The van der Waals surface area contributed by atoms with Gasteiger partial charge in [0.1, 0.15) is 29.4 Å². The Balaban J connectivity index is 1.20. The molecule has 2 N–H and O–H groups in total. The molecule has 2 aliphatic heterocycles. The molecule has 3 aromatic rings. The van der Waals surface area contributed by atoms with Crippen LogP contribution >= 0.6 is 0 Å². The Kier molecular flexibility index (Phi) is 15.5. The fourth-order valence-corrected chi connectivity index (χ4v) is 8.50. The number of ether oxygens (including phenoxy) is 4. The first-order valence-electron chi connectivity index (χ1n) is 20.8. The number of fused-ring (bicyclic) bond motifs is 2. The maximum absolute atomic E-state index is 16.5. The lowest BCUT2D eigenvalue weighted by molar-refractivity contribution is -0.870. The van der Waals surface area contributed by atoms with Gasteiger partial charge in [-0.15, -0.1) is 0 Å². The van der Waals surface area contributed by atoms with Crippen molar-refractivity contribution in [2.45, 2.75) is 71.4 Å². The van der Waals surface area contributed by atoms with Gasteiger partial charge in [-0.1, -0.05) is 0 Å². The molecule has 356 valence electrons. The van der Waals surface area contributed by atoms with E-state index in [0.717, 1.165) is 62.3 Å². The highest BCUT2D eigenvalue weighted by Gasteiger charge is 2.53. The Morgan fingerprint density at radius 1 is 0.970 bits per heavy atom. The molecule has 2 aliphatic rings. The van der Waals surface area contributed by atoms with E-state index < -0.39 is 81.2 Å². The first-order valence-corrected chi connectivity index (χ1v) is 22.4. The van der Waals surface area contributed by atoms with Crippen molar-refractivity contribution in [3.05, 3.63) is 103 Å². The lowest BCUT2D eigenvalue weighted by Crippen LogP contribution is -2.51. The molecule has 0 aliphatic carbocycles. The zero-order valence-electron chi connectivity index (χ0n) is 37.4. The zero-order chi connectivity index (χ0) is 48.9. The molecule has 0 spiro atoms. The van der Waals surface area contributed by atoms with E-state index in [-0.39, 0.29) is 53.7 Å². The minimum Gasteiger partial charge on any atom is -0.493 e. The predicted molar refractivity (Wildman–Crippen MR) is 236 cm³/mol. The Labute approximate surface area is 379 Å². The van der Waals surface area contributed by atoms with Crippen LogP contribution in [0.5, 0.6) is 17.2 Å². The fraction of sp³-hybridized carbons (Fsp3) is 0.429. The number of amides is 1. The van der Waals surface area contributed by atoms with E-state index in [9.17, 15) is 47.6 Å². The number of aryl methyl sites for hydroxylation is 2. The largest absolute Gasteiger partial charge is 0.737 e. The van der Waals surface area contributed by atoms with Gasteiger partial charge >= 0.3 is 13.1 Å². The number of hydrogen-bond donors (Lipinski definition) is 2. The lowest BCUT2D eigenvalue weighted by atomic mass is 9.89. The van der Waals surface area contributed by atoms with Crippen molar-refractivity contribution in [2.75, 3.05) is 47.2 Å². The summed E-state index contributed by atoms with van der Waals surface area (Å²) in [4.78, 5) is 60.5. The van der Waals surface area contributed by atoms with Crippen molar-refractivity contribution >= 4 is 58.1 Å². The zero-order valence-corrected chi connectivity index (χ0v) is 38.3. The number of halogens is 2. The number of nitro benzene ring substituents is 2. The molecular weight excluding hydrogens is 893 g/mol. The van der Waals surface area contributed by atoms with Crippen LogP contribution in [0.4, 0.5) is 24.8 Å². The van der Waals surface area contributed by atoms with Gasteiger partial charge in [0.2, 0.25) is 5.91 Å². The van der Waals surface area contributed by atoms with Crippen LogP contribution < -0.4 is 19.5 Å². The molecule has 5 rings (SSSR count). The quantitative estimate of drug-likeness (QED) is 0.0169. The summed E-state index contributed by atoms with van der Waals surface area (Å²) in [5, 5.41) is 25.3. The van der Waals surface area contributed by atoms with Crippen molar-refractivity contribution < 1.29 is 73.7 Å². The first kappa shape index (κ1) is 50.5. The van der Waals surface area contributed by atoms with Gasteiger partial charge in [-0.05, 0) is 69.1 Å². The smallest absolute Gasteiger partial charge is 0.493 e. The third kappa shape index (κ3) is 12.4. The van der Waals surface area contributed by atoms with Crippen LogP contribution in [0.15, 0.2) is 59.8 Å². The van der Waals surface area contributed by atoms with Gasteiger partial charge in [-0.25, -0.2) is 4.79 Å². The maximum atomic E-state index is 16.5. The molecule has 20 nitrogen and oxygen atoms in total. The highest BCUT2D eigenvalue weighted by molar-refractivity contribution is 7.85. The minimum absolute atomic E-state index is 0.0337. The number of carbonyl (C=O) groups excluding carboxylic acids is 3. The average Bonchev–Trinajstić information content (AvgIpc) is 3.72. The van der Waals surface area contributed by atoms with Crippen LogP contribution in [0.3, 0.4) is 0 Å².